The van der Waals surface area contributed by atoms with Crippen LogP contribution >= 0.6 is 0 Å². The molecule has 0 aliphatic rings. The van der Waals surface area contributed by atoms with Gasteiger partial charge in [-0.3, -0.25) is 24.6 Å². The number of nitro groups is 1. The second-order valence-electron chi connectivity index (χ2n) is 27.7. The van der Waals surface area contributed by atoms with Crippen LogP contribution in [0.2, 0.25) is 0 Å². The summed E-state index contributed by atoms with van der Waals surface area (Å²) in [6, 6.07) is 5.30. The van der Waals surface area contributed by atoms with Gasteiger partial charge in [-0.25, -0.2) is 9.59 Å². The predicted octanol–water partition coefficient (Wildman–Crippen LogP) is 21.3. The normalized spacial score (nSPS) is 12.5. The van der Waals surface area contributed by atoms with E-state index in [9.17, 15) is 29.3 Å². The molecular weight excluding hydrogens is 1260 g/mol. The van der Waals surface area contributed by atoms with Crippen molar-refractivity contribution in [2.45, 2.75) is 352 Å². The third-order valence-corrected chi connectivity index (χ3v) is 19.4. The predicted molar refractivity (Wildman–Crippen MR) is 415 cm³/mol. The summed E-state index contributed by atoms with van der Waals surface area (Å²) in [6.45, 7) is 39.9. The lowest BCUT2D eigenvalue weighted by atomic mass is 9.95. The van der Waals surface area contributed by atoms with Crippen LogP contribution in [0.5, 0.6) is 5.75 Å². The average Bonchev–Trinajstić information content (AvgIpc) is 0.992. The number of benzene rings is 1. The zero-order chi connectivity index (χ0) is 74.3. The lowest BCUT2D eigenvalue weighted by Gasteiger charge is -2.25. The van der Waals surface area contributed by atoms with Crippen molar-refractivity contribution in [1.29, 1.82) is 0 Å². The number of hydrogen-bond acceptors (Lipinski definition) is 17. The number of nitro benzene ring substituents is 1. The van der Waals surface area contributed by atoms with E-state index in [4.69, 9.17) is 33.5 Å². The quantitative estimate of drug-likeness (QED) is 0.0161. The third kappa shape index (κ3) is 61.4. The maximum absolute atomic E-state index is 12.7. The van der Waals surface area contributed by atoms with Gasteiger partial charge in [0.2, 0.25) is 0 Å². The van der Waals surface area contributed by atoms with Gasteiger partial charge in [0, 0.05) is 64.2 Å². The van der Waals surface area contributed by atoms with Crippen LogP contribution in [0.25, 0.3) is 0 Å². The lowest BCUT2D eigenvalue weighted by Crippen LogP contribution is -2.37. The maximum Gasteiger partial charge on any atom is 0.514 e. The number of esters is 2. The number of hydrogen-bond donors (Lipinski definition) is 1. The molecule has 4 unspecified atom stereocenters. The van der Waals surface area contributed by atoms with E-state index in [1.54, 1.807) is 0 Å². The summed E-state index contributed by atoms with van der Waals surface area (Å²) in [6.07, 6.45) is 41.2. The van der Waals surface area contributed by atoms with E-state index >= 15 is 0 Å². The second-order valence-corrected chi connectivity index (χ2v) is 27.7. The lowest BCUT2D eigenvalue weighted by molar-refractivity contribution is -0.384. The average molecular weight is 1420 g/mol. The number of carbonyl (C=O) groups is 4. The van der Waals surface area contributed by atoms with Crippen molar-refractivity contribution in [3.63, 3.8) is 0 Å². The largest absolute Gasteiger partial charge is 0.514 e. The molecule has 0 spiro atoms. The number of aliphatic hydroxyl groups is 1. The van der Waals surface area contributed by atoms with Crippen molar-refractivity contribution in [2.24, 2.45) is 11.8 Å². The van der Waals surface area contributed by atoms with Crippen molar-refractivity contribution >= 4 is 29.9 Å². The Morgan fingerprint density at radius 3 is 1.04 bits per heavy atom. The van der Waals surface area contributed by atoms with Crippen LogP contribution in [-0.2, 0) is 33.3 Å². The molecule has 0 saturated carbocycles. The molecule has 588 valence electrons. The van der Waals surface area contributed by atoms with E-state index < -0.39 is 17.2 Å². The number of aliphatic hydroxyl groups excluding tert-OH is 1. The SMILES string of the molecule is CCCCCCCCC(CCCCCC)COC(=O)CCCC(CCCCCC)OC(=O)OCCN(CC)CCN(CC)CC.CCCCCCCCC(CCCCCC)COC(=O)CCCC(CCCCCC)OC(=O)Oc1ccc([N+](=O)[O-])cc1.CCN(CC)CCN(CC)CCO. The number of likely N-dealkylation sites (N-methyl/N-ethyl adjacent to an activating group) is 4. The zero-order valence-corrected chi connectivity index (χ0v) is 66.8. The van der Waals surface area contributed by atoms with Gasteiger partial charge in [0.25, 0.3) is 5.69 Å². The number of unbranched alkanes of at least 4 members (excludes halogenated alkanes) is 22. The Hall–Kier alpha value is -4.10. The number of nitrogens with zero attached hydrogens (tertiary/aromatic N) is 5. The molecule has 1 rings (SSSR count). The van der Waals surface area contributed by atoms with Gasteiger partial charge < -0.3 is 48.2 Å². The van der Waals surface area contributed by atoms with Gasteiger partial charge in [-0.1, -0.05) is 250 Å². The van der Waals surface area contributed by atoms with Gasteiger partial charge in [0.15, 0.2) is 0 Å². The zero-order valence-electron chi connectivity index (χ0n) is 66.8. The molecule has 0 fully saturated rings. The van der Waals surface area contributed by atoms with Crippen molar-refractivity contribution < 1.29 is 57.6 Å². The van der Waals surface area contributed by atoms with Crippen LogP contribution in [0.4, 0.5) is 15.3 Å². The van der Waals surface area contributed by atoms with E-state index in [-0.39, 0.29) is 42.2 Å². The minimum absolute atomic E-state index is 0.0818. The van der Waals surface area contributed by atoms with E-state index in [2.05, 4.69) is 103 Å². The topological polar surface area (TPSA) is 200 Å². The van der Waals surface area contributed by atoms with Gasteiger partial charge in [-0.2, -0.15) is 0 Å². The molecule has 1 N–H and O–H groups in total. The summed E-state index contributed by atoms with van der Waals surface area (Å²) in [5, 5.41) is 19.6. The number of non-ortho nitro benzene ring substituents is 1. The molecule has 0 saturated heterocycles. The Morgan fingerprint density at radius 2 is 0.690 bits per heavy atom. The summed E-state index contributed by atoms with van der Waals surface area (Å²) in [5.41, 5.74) is -0.0818. The molecular formula is C82H157N5O13. The Labute approximate surface area is 613 Å². The Balaban J connectivity index is 0. The van der Waals surface area contributed by atoms with Crippen LogP contribution in [0.3, 0.4) is 0 Å². The van der Waals surface area contributed by atoms with Crippen molar-refractivity contribution in [3.8, 4) is 5.75 Å². The van der Waals surface area contributed by atoms with Crippen molar-refractivity contribution in [3.05, 3.63) is 34.4 Å². The highest BCUT2D eigenvalue weighted by atomic mass is 16.7. The molecule has 0 heterocycles. The molecule has 100 heavy (non-hydrogen) atoms. The molecule has 0 aliphatic carbocycles. The van der Waals surface area contributed by atoms with Crippen LogP contribution in [0.1, 0.15) is 340 Å². The standard InChI is InChI=1S/C38H76N2O5.C34H57NO7.C10H24N2O/c1-7-13-16-19-20-22-26-35(25-21-17-14-8-2)34-44-37(41)29-24-28-36(27-23-18-15-9-3)45-38(42)43-33-32-40(12-6)31-30-39(10-4)11-5;1-4-7-10-13-14-16-20-29(19-15-11-8-5-2)28-40-33(36)23-18-22-31(21-17-12-9-6-3)41-34(37)42-32-26-24-30(25-27-32)35(38)39;1-4-11(5-2)7-8-12(6-3)9-10-13/h35-36H,7-34H2,1-6H3;24-27,29,31H,4-23,28H2,1-3H3;13H,4-10H2,1-3H3. The third-order valence-electron chi connectivity index (χ3n) is 19.4. The fraction of sp³-hybridized carbons (Fsp3) is 0.878. The molecule has 0 aliphatic heterocycles. The first-order chi connectivity index (χ1) is 48.6. The van der Waals surface area contributed by atoms with Gasteiger partial charge in [-0.15, -0.1) is 0 Å². The summed E-state index contributed by atoms with van der Waals surface area (Å²) in [5.74, 6) is 0.787. The summed E-state index contributed by atoms with van der Waals surface area (Å²) >= 11 is 0. The smallest absolute Gasteiger partial charge is 0.465 e. The van der Waals surface area contributed by atoms with E-state index in [1.807, 2.05) is 0 Å². The van der Waals surface area contributed by atoms with Crippen molar-refractivity contribution in [1.82, 2.24) is 19.6 Å². The first-order valence-electron chi connectivity index (χ1n) is 41.4. The summed E-state index contributed by atoms with van der Waals surface area (Å²) < 4.78 is 33.6. The molecule has 1 aromatic rings. The fourth-order valence-corrected chi connectivity index (χ4v) is 12.4. The molecule has 18 heteroatoms. The first-order valence-corrected chi connectivity index (χ1v) is 41.4. The Kier molecular flexibility index (Phi) is 71.7. The number of ether oxygens (including phenoxy) is 6. The highest BCUT2D eigenvalue weighted by Crippen LogP contribution is 2.24. The minimum Gasteiger partial charge on any atom is -0.465 e. The fourth-order valence-electron chi connectivity index (χ4n) is 12.4. The van der Waals surface area contributed by atoms with Crippen LogP contribution < -0.4 is 4.74 Å². The highest BCUT2D eigenvalue weighted by molar-refractivity contribution is 5.69. The maximum atomic E-state index is 12.7. The van der Waals surface area contributed by atoms with E-state index in [0.717, 1.165) is 143 Å². The van der Waals surface area contributed by atoms with Crippen LogP contribution in [-0.4, -0.2) is 171 Å². The van der Waals surface area contributed by atoms with E-state index in [0.29, 0.717) is 83.1 Å². The second kappa shape index (κ2) is 73.2. The monoisotopic (exact) mass is 1420 g/mol. The van der Waals surface area contributed by atoms with Gasteiger partial charge in [-0.05, 0) is 140 Å². The molecule has 0 bridgehead atoms. The minimum atomic E-state index is -0.840. The molecule has 0 radical (unpaired) electrons. The number of rotatable bonds is 67. The number of carbonyl (C=O) groups excluding carboxylic acids is 4. The van der Waals surface area contributed by atoms with E-state index in [1.165, 1.54) is 166 Å². The van der Waals surface area contributed by atoms with Crippen LogP contribution in [0.15, 0.2) is 24.3 Å². The molecule has 1 aromatic carbocycles. The summed E-state index contributed by atoms with van der Waals surface area (Å²) in [4.78, 5) is 70.0. The van der Waals surface area contributed by atoms with Gasteiger partial charge >= 0.3 is 24.2 Å². The summed E-state index contributed by atoms with van der Waals surface area (Å²) in [7, 11) is 0. The highest BCUT2D eigenvalue weighted by Gasteiger charge is 2.21. The molecule has 0 amide bonds. The molecule has 0 aromatic heterocycles. The Bertz CT molecular complexity index is 1980. The first kappa shape index (κ1) is 98.0. The van der Waals surface area contributed by atoms with Crippen LogP contribution in [0, 0.1) is 22.0 Å². The van der Waals surface area contributed by atoms with Gasteiger partial charge in [0.1, 0.15) is 24.6 Å². The Morgan fingerprint density at radius 1 is 0.380 bits per heavy atom. The molecule has 18 nitrogen and oxygen atoms in total. The molecule has 4 atom stereocenters. The van der Waals surface area contributed by atoms with Crippen molar-refractivity contribution in [2.75, 3.05) is 105 Å². The van der Waals surface area contributed by atoms with Gasteiger partial charge in [0.05, 0.1) is 24.7 Å².